The highest BCUT2D eigenvalue weighted by Gasteiger charge is 2.22. The van der Waals surface area contributed by atoms with Crippen molar-refractivity contribution >= 4 is 5.78 Å². The SMILES string of the molecule is C#N.CC(=O)c1cc(CC2CCC2)n(-c2ccc(C#N)cc2)c1C. The first kappa shape index (κ1) is 17.5. The van der Waals surface area contributed by atoms with Crippen molar-refractivity contribution in [2.45, 2.75) is 39.5 Å². The van der Waals surface area contributed by atoms with Crippen LogP contribution in [0.15, 0.2) is 30.3 Å². The molecule has 0 atom stereocenters. The minimum Gasteiger partial charge on any atom is -0.317 e. The number of hydrogen-bond donors (Lipinski definition) is 0. The first-order valence-corrected chi connectivity index (χ1v) is 8.08. The summed E-state index contributed by atoms with van der Waals surface area (Å²) in [7, 11) is 0. The van der Waals surface area contributed by atoms with Crippen molar-refractivity contribution in [3.05, 3.63) is 52.8 Å². The number of benzene rings is 1. The largest absolute Gasteiger partial charge is 0.317 e. The Labute approximate surface area is 143 Å². The lowest BCUT2D eigenvalue weighted by atomic mass is 9.82. The summed E-state index contributed by atoms with van der Waals surface area (Å²) in [5.74, 6) is 0.853. The molecule has 0 bridgehead atoms. The second kappa shape index (κ2) is 7.62. The van der Waals surface area contributed by atoms with E-state index in [-0.39, 0.29) is 5.78 Å². The molecule has 1 saturated carbocycles. The van der Waals surface area contributed by atoms with Crippen LogP contribution in [0.25, 0.3) is 5.69 Å². The summed E-state index contributed by atoms with van der Waals surface area (Å²) in [5, 5.41) is 15.4. The molecule has 4 nitrogen and oxygen atoms in total. The van der Waals surface area contributed by atoms with Crippen LogP contribution >= 0.6 is 0 Å². The van der Waals surface area contributed by atoms with E-state index in [1.165, 1.54) is 25.0 Å². The zero-order valence-electron chi connectivity index (χ0n) is 14.1. The highest BCUT2D eigenvalue weighted by Crippen LogP contribution is 2.32. The van der Waals surface area contributed by atoms with Crippen molar-refractivity contribution in [1.29, 1.82) is 10.5 Å². The third-order valence-electron chi connectivity index (χ3n) is 4.68. The number of nitrogens with zero attached hydrogens (tertiary/aromatic N) is 3. The highest BCUT2D eigenvalue weighted by molar-refractivity contribution is 5.95. The van der Waals surface area contributed by atoms with Gasteiger partial charge < -0.3 is 4.57 Å². The Balaban J connectivity index is 0.00000100. The molecule has 0 N–H and O–H groups in total. The molecule has 1 aromatic carbocycles. The molecule has 3 rings (SSSR count). The van der Waals surface area contributed by atoms with Gasteiger partial charge in [0.05, 0.1) is 11.6 Å². The van der Waals surface area contributed by atoms with E-state index in [0.29, 0.717) is 5.56 Å². The van der Waals surface area contributed by atoms with Crippen LogP contribution in [0.5, 0.6) is 0 Å². The molecule has 1 heterocycles. The van der Waals surface area contributed by atoms with E-state index in [4.69, 9.17) is 10.5 Å². The molecule has 2 aromatic rings. The molecule has 0 amide bonds. The standard InChI is InChI=1S/C19H20N2O.CHN/c1-13-19(14(2)22)11-18(10-15-4-3-5-15)21(13)17-8-6-16(12-20)7-9-17;1-2/h6-9,11,15H,3-5,10H2,1-2H3;1H. The maximum atomic E-state index is 11.9. The molecule has 1 fully saturated rings. The van der Waals surface area contributed by atoms with Gasteiger partial charge in [-0.05, 0) is 56.5 Å². The number of Topliss-reactive ketones (excluding diaryl/α,β-unsaturated/α-hetero) is 1. The summed E-state index contributed by atoms with van der Waals surface area (Å²) in [6.45, 7) is 7.12. The normalized spacial score (nSPS) is 13.3. The summed E-state index contributed by atoms with van der Waals surface area (Å²) in [5.41, 5.74) is 4.68. The fraction of sp³-hybridized carbons (Fsp3) is 0.350. The van der Waals surface area contributed by atoms with E-state index >= 15 is 0 Å². The Morgan fingerprint density at radius 3 is 2.38 bits per heavy atom. The lowest BCUT2D eigenvalue weighted by Crippen LogP contribution is -2.16. The molecule has 1 aliphatic rings. The number of ketones is 1. The molecule has 0 saturated heterocycles. The van der Waals surface area contributed by atoms with Gasteiger partial charge >= 0.3 is 0 Å². The van der Waals surface area contributed by atoms with E-state index in [0.717, 1.165) is 29.3 Å². The Hall–Kier alpha value is -2.85. The molecule has 0 spiro atoms. The van der Waals surface area contributed by atoms with Crippen molar-refractivity contribution < 1.29 is 4.79 Å². The quantitative estimate of drug-likeness (QED) is 0.787. The van der Waals surface area contributed by atoms with E-state index in [9.17, 15) is 4.79 Å². The van der Waals surface area contributed by atoms with Gasteiger partial charge in [0.1, 0.15) is 0 Å². The van der Waals surface area contributed by atoms with Gasteiger partial charge in [-0.25, -0.2) is 5.26 Å². The lowest BCUT2D eigenvalue weighted by molar-refractivity contribution is 0.101. The van der Waals surface area contributed by atoms with Crippen LogP contribution in [0, 0.1) is 36.0 Å². The van der Waals surface area contributed by atoms with Crippen LogP contribution < -0.4 is 0 Å². The van der Waals surface area contributed by atoms with Crippen LogP contribution in [-0.4, -0.2) is 10.4 Å². The minimum absolute atomic E-state index is 0.111. The van der Waals surface area contributed by atoms with Crippen LogP contribution in [0.4, 0.5) is 0 Å². The number of hydrogen-bond acceptors (Lipinski definition) is 3. The molecule has 0 aliphatic heterocycles. The van der Waals surface area contributed by atoms with Crippen LogP contribution in [0.2, 0.25) is 0 Å². The summed E-state index contributed by atoms with van der Waals surface area (Å²) in [4.78, 5) is 11.9. The molecule has 1 aliphatic carbocycles. The topological polar surface area (TPSA) is 69.6 Å². The number of rotatable bonds is 4. The van der Waals surface area contributed by atoms with E-state index in [1.54, 1.807) is 6.92 Å². The average molecular weight is 319 g/mol. The molecule has 0 unspecified atom stereocenters. The second-order valence-corrected chi connectivity index (χ2v) is 6.19. The van der Waals surface area contributed by atoms with E-state index in [1.807, 2.05) is 37.3 Å². The highest BCUT2D eigenvalue weighted by atomic mass is 16.1. The smallest absolute Gasteiger partial charge is 0.161 e. The predicted molar refractivity (Wildman–Crippen MR) is 92.9 cm³/mol. The summed E-state index contributed by atoms with van der Waals surface area (Å²) >= 11 is 0. The minimum atomic E-state index is 0.111. The fourth-order valence-electron chi connectivity index (χ4n) is 3.22. The molecule has 122 valence electrons. The van der Waals surface area contributed by atoms with Gasteiger partial charge in [0.25, 0.3) is 0 Å². The molecule has 0 radical (unpaired) electrons. The van der Waals surface area contributed by atoms with Gasteiger partial charge in [0.2, 0.25) is 0 Å². The molecule has 1 aromatic heterocycles. The summed E-state index contributed by atoms with van der Waals surface area (Å²) < 4.78 is 2.18. The lowest BCUT2D eigenvalue weighted by Gasteiger charge is -2.26. The zero-order chi connectivity index (χ0) is 17.7. The number of aromatic nitrogens is 1. The fourth-order valence-corrected chi connectivity index (χ4v) is 3.22. The third-order valence-corrected chi connectivity index (χ3v) is 4.68. The Bertz CT molecular complexity index is 787. The van der Waals surface area contributed by atoms with Gasteiger partial charge in [-0.15, -0.1) is 0 Å². The maximum Gasteiger partial charge on any atom is 0.161 e. The Morgan fingerprint density at radius 2 is 1.92 bits per heavy atom. The van der Waals surface area contributed by atoms with Crippen LogP contribution in [-0.2, 0) is 6.42 Å². The van der Waals surface area contributed by atoms with Gasteiger partial charge in [0, 0.05) is 29.2 Å². The Kier molecular flexibility index (Phi) is 5.55. The van der Waals surface area contributed by atoms with Gasteiger partial charge in [-0.2, -0.15) is 5.26 Å². The van der Waals surface area contributed by atoms with Crippen molar-refractivity contribution in [3.8, 4) is 18.3 Å². The number of nitriles is 2. The first-order chi connectivity index (χ1) is 11.6. The van der Waals surface area contributed by atoms with Crippen molar-refractivity contribution in [2.24, 2.45) is 5.92 Å². The second-order valence-electron chi connectivity index (χ2n) is 6.19. The summed E-state index contributed by atoms with van der Waals surface area (Å²) in [6.07, 6.45) is 4.91. The van der Waals surface area contributed by atoms with Crippen LogP contribution in [0.3, 0.4) is 0 Å². The zero-order valence-corrected chi connectivity index (χ0v) is 14.1. The van der Waals surface area contributed by atoms with E-state index in [2.05, 4.69) is 17.2 Å². The van der Waals surface area contributed by atoms with E-state index < -0.39 is 0 Å². The molecular formula is C20H21N3O. The first-order valence-electron chi connectivity index (χ1n) is 8.08. The number of carbonyl (C=O) groups excluding carboxylic acids is 1. The van der Waals surface area contributed by atoms with Gasteiger partial charge in [-0.1, -0.05) is 19.3 Å². The Morgan fingerprint density at radius 1 is 1.29 bits per heavy atom. The number of carbonyl (C=O) groups is 1. The van der Waals surface area contributed by atoms with Crippen molar-refractivity contribution in [3.63, 3.8) is 0 Å². The predicted octanol–water partition coefficient (Wildman–Crippen LogP) is 4.34. The third kappa shape index (κ3) is 3.39. The monoisotopic (exact) mass is 319 g/mol. The van der Waals surface area contributed by atoms with Crippen molar-refractivity contribution in [2.75, 3.05) is 0 Å². The molecular weight excluding hydrogens is 298 g/mol. The molecule has 4 heteroatoms. The molecule has 24 heavy (non-hydrogen) atoms. The van der Waals surface area contributed by atoms with Crippen LogP contribution in [0.1, 0.15) is 53.5 Å². The average Bonchev–Trinajstić information content (AvgIpc) is 2.89. The van der Waals surface area contributed by atoms with Gasteiger partial charge in [0.15, 0.2) is 5.78 Å². The summed E-state index contributed by atoms with van der Waals surface area (Å²) in [6, 6.07) is 11.8. The van der Waals surface area contributed by atoms with Gasteiger partial charge in [-0.3, -0.25) is 4.79 Å². The maximum absolute atomic E-state index is 11.9. The van der Waals surface area contributed by atoms with Crippen molar-refractivity contribution in [1.82, 2.24) is 4.57 Å².